The lowest BCUT2D eigenvalue weighted by Gasteiger charge is -1.96. The van der Waals surface area contributed by atoms with Crippen LogP contribution in [-0.4, -0.2) is 5.78 Å². The van der Waals surface area contributed by atoms with Crippen molar-refractivity contribution in [3.8, 4) is 0 Å². The van der Waals surface area contributed by atoms with Gasteiger partial charge in [-0.1, -0.05) is 0 Å². The molecular weight excluding hydrogens is 196 g/mol. The maximum atomic E-state index is 11.8. The molecule has 3 heteroatoms. The van der Waals surface area contributed by atoms with Gasteiger partial charge in [-0.3, -0.25) is 4.79 Å². The number of ketones is 1. The van der Waals surface area contributed by atoms with E-state index >= 15 is 0 Å². The Labute approximate surface area is 86.2 Å². The zero-order valence-electron chi connectivity index (χ0n) is 7.82. The van der Waals surface area contributed by atoms with E-state index in [0.717, 1.165) is 16.0 Å². The highest BCUT2D eigenvalue weighted by Crippen LogP contribution is 2.18. The van der Waals surface area contributed by atoms with Gasteiger partial charge in [0.05, 0.1) is 17.4 Å². The first-order chi connectivity index (χ1) is 6.77. The van der Waals surface area contributed by atoms with E-state index in [1.807, 2.05) is 24.4 Å². The summed E-state index contributed by atoms with van der Waals surface area (Å²) in [5.41, 5.74) is 1.99. The first kappa shape index (κ1) is 9.21. The molecule has 0 saturated heterocycles. The summed E-state index contributed by atoms with van der Waals surface area (Å²) in [7, 11) is 0. The molecule has 2 aromatic heterocycles. The molecule has 2 rings (SSSR count). The summed E-state index contributed by atoms with van der Waals surface area (Å²) in [6.45, 7) is 1.96. The number of thiophene rings is 1. The van der Waals surface area contributed by atoms with Crippen LogP contribution in [0, 0.1) is 6.92 Å². The van der Waals surface area contributed by atoms with Crippen LogP contribution in [-0.2, 0) is 6.42 Å². The topological polar surface area (TPSA) is 30.2 Å². The molecule has 0 spiro atoms. The van der Waals surface area contributed by atoms with Crippen LogP contribution in [0.4, 0.5) is 0 Å². The van der Waals surface area contributed by atoms with Crippen molar-refractivity contribution in [1.82, 2.24) is 0 Å². The summed E-state index contributed by atoms with van der Waals surface area (Å²) >= 11 is 1.50. The Hall–Kier alpha value is -1.35. The van der Waals surface area contributed by atoms with Crippen LogP contribution in [0.3, 0.4) is 0 Å². The van der Waals surface area contributed by atoms with Crippen molar-refractivity contribution < 1.29 is 9.21 Å². The average Bonchev–Trinajstić information content (AvgIpc) is 2.75. The second kappa shape index (κ2) is 3.80. The van der Waals surface area contributed by atoms with Gasteiger partial charge in [0.25, 0.3) is 0 Å². The number of furan rings is 1. The van der Waals surface area contributed by atoms with Crippen molar-refractivity contribution >= 4 is 17.1 Å². The highest BCUT2D eigenvalue weighted by atomic mass is 32.1. The van der Waals surface area contributed by atoms with E-state index in [1.54, 1.807) is 12.5 Å². The summed E-state index contributed by atoms with van der Waals surface area (Å²) in [4.78, 5) is 12.6. The fourth-order valence-electron chi connectivity index (χ4n) is 1.32. The lowest BCUT2D eigenvalue weighted by atomic mass is 10.1. The Balaban J connectivity index is 2.14. The van der Waals surface area contributed by atoms with Crippen molar-refractivity contribution in [3.05, 3.63) is 46.0 Å². The minimum atomic E-state index is 0.166. The normalized spacial score (nSPS) is 10.4. The zero-order valence-corrected chi connectivity index (χ0v) is 8.64. The molecule has 0 aliphatic rings. The largest absolute Gasteiger partial charge is 0.472 e. The van der Waals surface area contributed by atoms with Crippen LogP contribution in [0.1, 0.15) is 20.8 Å². The van der Waals surface area contributed by atoms with Crippen molar-refractivity contribution in [3.63, 3.8) is 0 Å². The summed E-state index contributed by atoms with van der Waals surface area (Å²) in [5, 5.41) is 1.94. The maximum Gasteiger partial charge on any atom is 0.177 e. The van der Waals surface area contributed by atoms with E-state index in [4.69, 9.17) is 4.42 Å². The van der Waals surface area contributed by atoms with Gasteiger partial charge in [-0.15, -0.1) is 11.3 Å². The number of hydrogen-bond acceptors (Lipinski definition) is 3. The minimum Gasteiger partial charge on any atom is -0.472 e. The predicted molar refractivity (Wildman–Crippen MR) is 55.8 cm³/mol. The van der Waals surface area contributed by atoms with E-state index in [1.165, 1.54) is 11.3 Å². The van der Waals surface area contributed by atoms with Gasteiger partial charge in [-0.2, -0.15) is 0 Å². The van der Waals surface area contributed by atoms with Gasteiger partial charge in [0.2, 0.25) is 0 Å². The Morgan fingerprint density at radius 1 is 1.50 bits per heavy atom. The van der Waals surface area contributed by atoms with Crippen LogP contribution in [0.15, 0.2) is 34.5 Å². The van der Waals surface area contributed by atoms with E-state index in [2.05, 4.69) is 0 Å². The van der Waals surface area contributed by atoms with Crippen LogP contribution in [0.2, 0.25) is 0 Å². The average molecular weight is 206 g/mol. The Kier molecular flexibility index (Phi) is 2.50. The molecule has 0 amide bonds. The van der Waals surface area contributed by atoms with Crippen LogP contribution < -0.4 is 0 Å². The second-order valence-corrected chi connectivity index (χ2v) is 4.08. The van der Waals surface area contributed by atoms with Gasteiger partial charge in [-0.25, -0.2) is 0 Å². The molecule has 0 unspecified atom stereocenters. The summed E-state index contributed by atoms with van der Waals surface area (Å²) in [5.74, 6) is 0.166. The van der Waals surface area contributed by atoms with Gasteiger partial charge >= 0.3 is 0 Å². The van der Waals surface area contributed by atoms with Crippen molar-refractivity contribution in [2.24, 2.45) is 0 Å². The third-order valence-electron chi connectivity index (χ3n) is 2.06. The fraction of sp³-hybridized carbons (Fsp3) is 0.182. The van der Waals surface area contributed by atoms with Gasteiger partial charge in [0.15, 0.2) is 5.78 Å². The van der Waals surface area contributed by atoms with Crippen molar-refractivity contribution in [2.75, 3.05) is 0 Å². The number of carbonyl (C=O) groups excluding carboxylic acids is 1. The van der Waals surface area contributed by atoms with Crippen molar-refractivity contribution in [1.29, 1.82) is 0 Å². The summed E-state index contributed by atoms with van der Waals surface area (Å²) in [6.07, 6.45) is 3.63. The third-order valence-corrected chi connectivity index (χ3v) is 3.12. The molecule has 0 bridgehead atoms. The standard InChI is InChI=1S/C11H10O2S/c1-8-3-5-14-11(8)10(12)6-9-2-4-13-7-9/h2-5,7H,6H2,1H3. The van der Waals surface area contributed by atoms with Crippen LogP contribution >= 0.6 is 11.3 Å². The molecule has 72 valence electrons. The number of carbonyl (C=O) groups is 1. The lowest BCUT2D eigenvalue weighted by Crippen LogP contribution is -2.01. The number of hydrogen-bond donors (Lipinski definition) is 0. The Bertz CT molecular complexity index is 426. The minimum absolute atomic E-state index is 0.166. The van der Waals surface area contributed by atoms with Gasteiger partial charge in [0, 0.05) is 6.42 Å². The molecule has 0 N–H and O–H groups in total. The molecule has 0 aliphatic heterocycles. The van der Waals surface area contributed by atoms with Crippen LogP contribution in [0.5, 0.6) is 0 Å². The predicted octanol–water partition coefficient (Wildman–Crippen LogP) is 3.07. The maximum absolute atomic E-state index is 11.8. The Morgan fingerprint density at radius 2 is 2.36 bits per heavy atom. The summed E-state index contributed by atoms with van der Waals surface area (Å²) in [6, 6.07) is 3.79. The first-order valence-corrected chi connectivity index (χ1v) is 5.23. The molecule has 0 aromatic carbocycles. The molecule has 0 atom stereocenters. The molecule has 2 nitrogen and oxygen atoms in total. The zero-order chi connectivity index (χ0) is 9.97. The quantitative estimate of drug-likeness (QED) is 0.722. The van der Waals surface area contributed by atoms with Gasteiger partial charge in [-0.05, 0) is 35.6 Å². The van der Waals surface area contributed by atoms with E-state index in [0.29, 0.717) is 6.42 Å². The number of Topliss-reactive ketones (excluding diaryl/α,β-unsaturated/α-hetero) is 1. The molecule has 0 fully saturated rings. The summed E-state index contributed by atoms with van der Waals surface area (Å²) < 4.78 is 4.91. The first-order valence-electron chi connectivity index (χ1n) is 4.36. The Morgan fingerprint density at radius 3 is 2.93 bits per heavy atom. The van der Waals surface area contributed by atoms with E-state index < -0.39 is 0 Å². The lowest BCUT2D eigenvalue weighted by molar-refractivity contribution is 0.0996. The number of rotatable bonds is 3. The molecular formula is C11H10O2S. The molecule has 0 aliphatic carbocycles. The molecule has 2 aromatic rings. The highest BCUT2D eigenvalue weighted by molar-refractivity contribution is 7.12. The second-order valence-electron chi connectivity index (χ2n) is 3.16. The van der Waals surface area contributed by atoms with E-state index in [9.17, 15) is 4.79 Å². The van der Waals surface area contributed by atoms with Crippen molar-refractivity contribution in [2.45, 2.75) is 13.3 Å². The molecule has 14 heavy (non-hydrogen) atoms. The SMILES string of the molecule is Cc1ccsc1C(=O)Cc1ccoc1. The van der Waals surface area contributed by atoms with Gasteiger partial charge < -0.3 is 4.42 Å². The molecule has 0 saturated carbocycles. The number of aryl methyl sites for hydroxylation is 1. The monoisotopic (exact) mass is 206 g/mol. The molecule has 0 radical (unpaired) electrons. The van der Waals surface area contributed by atoms with E-state index in [-0.39, 0.29) is 5.78 Å². The fourth-order valence-corrected chi connectivity index (χ4v) is 2.18. The van der Waals surface area contributed by atoms with Gasteiger partial charge in [0.1, 0.15) is 0 Å². The smallest absolute Gasteiger partial charge is 0.177 e. The highest BCUT2D eigenvalue weighted by Gasteiger charge is 2.11. The molecule has 2 heterocycles. The third kappa shape index (κ3) is 1.77. The van der Waals surface area contributed by atoms with Crippen LogP contribution in [0.25, 0.3) is 0 Å².